The lowest BCUT2D eigenvalue weighted by atomic mass is 10.3. The van der Waals surface area contributed by atoms with Crippen LogP contribution in [-0.4, -0.2) is 25.9 Å². The third-order valence-electron chi connectivity index (χ3n) is 1.41. The van der Waals surface area contributed by atoms with E-state index in [1.807, 2.05) is 6.92 Å². The molecule has 0 heterocycles. The van der Waals surface area contributed by atoms with Crippen LogP contribution in [0.15, 0.2) is 12.7 Å². The van der Waals surface area contributed by atoms with Crippen molar-refractivity contribution < 1.29 is 9.47 Å². The first-order chi connectivity index (χ1) is 5.35. The van der Waals surface area contributed by atoms with Crippen LogP contribution in [0.5, 0.6) is 0 Å². The summed E-state index contributed by atoms with van der Waals surface area (Å²) in [6.45, 7) is 9.73. The Bertz CT molecular complexity index is 91.6. The van der Waals surface area contributed by atoms with E-state index in [4.69, 9.17) is 9.47 Å². The molecule has 1 unspecified atom stereocenters. The summed E-state index contributed by atoms with van der Waals surface area (Å²) in [6.07, 6.45) is 2.98. The highest BCUT2D eigenvalue weighted by molar-refractivity contribution is 4.66. The summed E-state index contributed by atoms with van der Waals surface area (Å²) >= 11 is 0. The van der Waals surface area contributed by atoms with Gasteiger partial charge >= 0.3 is 0 Å². The maximum absolute atomic E-state index is 5.40. The van der Waals surface area contributed by atoms with Crippen molar-refractivity contribution in [1.82, 2.24) is 0 Å². The zero-order chi connectivity index (χ0) is 8.53. The molecule has 0 aliphatic rings. The number of ether oxygens (including phenoxy) is 2. The second-order valence-corrected chi connectivity index (χ2v) is 2.31. The highest BCUT2D eigenvalue weighted by atomic mass is 16.5. The molecule has 0 radical (unpaired) electrons. The predicted molar refractivity (Wildman–Crippen MR) is 46.7 cm³/mol. The minimum Gasteiger partial charge on any atom is -0.379 e. The number of hydrogen-bond donors (Lipinski definition) is 0. The topological polar surface area (TPSA) is 18.5 Å². The van der Waals surface area contributed by atoms with Gasteiger partial charge in [-0.1, -0.05) is 13.0 Å². The second-order valence-electron chi connectivity index (χ2n) is 2.31. The minimum atomic E-state index is 0.230. The van der Waals surface area contributed by atoms with Crippen LogP contribution in [0.25, 0.3) is 0 Å². The van der Waals surface area contributed by atoms with Crippen LogP contribution < -0.4 is 0 Å². The summed E-state index contributed by atoms with van der Waals surface area (Å²) in [7, 11) is 0. The molecule has 0 aromatic heterocycles. The lowest BCUT2D eigenvalue weighted by molar-refractivity contribution is -0.00360. The van der Waals surface area contributed by atoms with E-state index in [9.17, 15) is 0 Å². The smallest absolute Gasteiger partial charge is 0.0810 e. The molecular formula is C9H18O2. The summed E-state index contributed by atoms with van der Waals surface area (Å²) in [5.74, 6) is 0. The Labute approximate surface area is 69.2 Å². The van der Waals surface area contributed by atoms with Crippen LogP contribution in [0.3, 0.4) is 0 Å². The zero-order valence-electron chi connectivity index (χ0n) is 7.51. The molecule has 0 spiro atoms. The molecule has 0 aromatic rings. The summed E-state index contributed by atoms with van der Waals surface area (Å²) in [5.41, 5.74) is 0. The van der Waals surface area contributed by atoms with E-state index in [2.05, 4.69) is 13.5 Å². The third kappa shape index (κ3) is 6.07. The van der Waals surface area contributed by atoms with Gasteiger partial charge < -0.3 is 9.47 Å². The van der Waals surface area contributed by atoms with Crippen LogP contribution in [-0.2, 0) is 9.47 Å². The van der Waals surface area contributed by atoms with E-state index in [1.54, 1.807) is 6.08 Å². The molecule has 2 nitrogen and oxygen atoms in total. The highest BCUT2D eigenvalue weighted by Crippen LogP contribution is 1.98. The maximum Gasteiger partial charge on any atom is 0.0810 e. The van der Waals surface area contributed by atoms with Crippen molar-refractivity contribution >= 4 is 0 Å². The first kappa shape index (κ1) is 10.7. The van der Waals surface area contributed by atoms with Crippen molar-refractivity contribution in [3.05, 3.63) is 12.7 Å². The molecule has 0 aliphatic heterocycles. The van der Waals surface area contributed by atoms with Crippen LogP contribution in [0.1, 0.15) is 20.3 Å². The van der Waals surface area contributed by atoms with Crippen molar-refractivity contribution in [2.45, 2.75) is 26.4 Å². The Kier molecular flexibility index (Phi) is 7.52. The normalized spacial score (nSPS) is 12.9. The molecule has 0 N–H and O–H groups in total. The van der Waals surface area contributed by atoms with Gasteiger partial charge in [0.15, 0.2) is 0 Å². The van der Waals surface area contributed by atoms with E-state index < -0.39 is 0 Å². The Hall–Kier alpha value is -0.340. The summed E-state index contributed by atoms with van der Waals surface area (Å²) in [4.78, 5) is 0. The summed E-state index contributed by atoms with van der Waals surface area (Å²) in [6, 6.07) is 0. The Morgan fingerprint density at radius 1 is 1.45 bits per heavy atom. The number of hydrogen-bond acceptors (Lipinski definition) is 2. The van der Waals surface area contributed by atoms with Gasteiger partial charge in [-0.25, -0.2) is 0 Å². The Morgan fingerprint density at radius 2 is 2.18 bits per heavy atom. The summed E-state index contributed by atoms with van der Waals surface area (Å²) < 4.78 is 10.6. The molecule has 0 fully saturated rings. The molecule has 1 atom stereocenters. The molecule has 0 aromatic carbocycles. The van der Waals surface area contributed by atoms with E-state index in [0.717, 1.165) is 13.0 Å². The SMILES string of the molecule is C=CCOC(CC)COCC. The molecule has 2 heteroatoms. The molecule has 11 heavy (non-hydrogen) atoms. The van der Waals surface area contributed by atoms with Crippen molar-refractivity contribution in [3.8, 4) is 0 Å². The Balaban J connectivity index is 3.32. The first-order valence-electron chi connectivity index (χ1n) is 4.15. The third-order valence-corrected chi connectivity index (χ3v) is 1.41. The maximum atomic E-state index is 5.40. The van der Waals surface area contributed by atoms with E-state index in [1.165, 1.54) is 0 Å². The van der Waals surface area contributed by atoms with Crippen molar-refractivity contribution in [2.75, 3.05) is 19.8 Å². The van der Waals surface area contributed by atoms with Gasteiger partial charge in [0.05, 0.1) is 19.3 Å². The van der Waals surface area contributed by atoms with Crippen LogP contribution in [0.2, 0.25) is 0 Å². The van der Waals surface area contributed by atoms with Gasteiger partial charge in [0, 0.05) is 6.61 Å². The molecule has 66 valence electrons. The molecule has 0 rings (SSSR count). The molecule has 0 aliphatic carbocycles. The van der Waals surface area contributed by atoms with Crippen LogP contribution in [0, 0.1) is 0 Å². The predicted octanol–water partition coefficient (Wildman–Crippen LogP) is 2.00. The van der Waals surface area contributed by atoms with Gasteiger partial charge in [-0.3, -0.25) is 0 Å². The fourth-order valence-corrected chi connectivity index (χ4v) is 0.737. The van der Waals surface area contributed by atoms with Crippen molar-refractivity contribution in [3.63, 3.8) is 0 Å². The van der Waals surface area contributed by atoms with E-state index >= 15 is 0 Å². The largest absolute Gasteiger partial charge is 0.379 e. The van der Waals surface area contributed by atoms with Gasteiger partial charge in [-0.2, -0.15) is 0 Å². The molecule has 0 saturated heterocycles. The van der Waals surface area contributed by atoms with Crippen LogP contribution >= 0.6 is 0 Å². The van der Waals surface area contributed by atoms with Gasteiger partial charge in [0.25, 0.3) is 0 Å². The summed E-state index contributed by atoms with van der Waals surface area (Å²) in [5, 5.41) is 0. The molecule has 0 saturated carbocycles. The fourth-order valence-electron chi connectivity index (χ4n) is 0.737. The van der Waals surface area contributed by atoms with Crippen molar-refractivity contribution in [2.24, 2.45) is 0 Å². The number of rotatable bonds is 7. The average molecular weight is 158 g/mol. The van der Waals surface area contributed by atoms with Crippen molar-refractivity contribution in [1.29, 1.82) is 0 Å². The fraction of sp³-hybridized carbons (Fsp3) is 0.778. The minimum absolute atomic E-state index is 0.230. The van der Waals surface area contributed by atoms with Gasteiger partial charge in [0.1, 0.15) is 0 Å². The average Bonchev–Trinajstić information content (AvgIpc) is 2.05. The van der Waals surface area contributed by atoms with Gasteiger partial charge in [0.2, 0.25) is 0 Å². The lowest BCUT2D eigenvalue weighted by Gasteiger charge is -2.13. The lowest BCUT2D eigenvalue weighted by Crippen LogP contribution is -2.18. The van der Waals surface area contributed by atoms with Crippen LogP contribution in [0.4, 0.5) is 0 Å². The van der Waals surface area contributed by atoms with Gasteiger partial charge in [-0.05, 0) is 13.3 Å². The Morgan fingerprint density at radius 3 is 2.64 bits per heavy atom. The monoisotopic (exact) mass is 158 g/mol. The molecular weight excluding hydrogens is 140 g/mol. The molecule has 0 bridgehead atoms. The van der Waals surface area contributed by atoms with E-state index in [-0.39, 0.29) is 6.10 Å². The quantitative estimate of drug-likeness (QED) is 0.528. The second kappa shape index (κ2) is 7.76. The van der Waals surface area contributed by atoms with Gasteiger partial charge in [-0.15, -0.1) is 6.58 Å². The molecule has 0 amide bonds. The standard InChI is InChI=1S/C9H18O2/c1-4-7-11-9(5-2)8-10-6-3/h4,9H,1,5-8H2,2-3H3. The first-order valence-corrected chi connectivity index (χ1v) is 4.15. The highest BCUT2D eigenvalue weighted by Gasteiger charge is 2.03. The zero-order valence-corrected chi connectivity index (χ0v) is 7.51. The van der Waals surface area contributed by atoms with E-state index in [0.29, 0.717) is 13.2 Å².